The Morgan fingerprint density at radius 3 is 1.91 bits per heavy atom. The summed E-state index contributed by atoms with van der Waals surface area (Å²) in [5.74, 6) is -2.70. The number of nitrogens with two attached hydrogens (primary N) is 1. The Morgan fingerprint density at radius 1 is 0.864 bits per heavy atom. The van der Waals surface area contributed by atoms with Gasteiger partial charge in [-0.3, -0.25) is 4.57 Å². The maximum absolute atomic E-state index is 13.4. The van der Waals surface area contributed by atoms with Crippen molar-refractivity contribution in [1.29, 1.82) is 0 Å². The molecule has 14 heteroatoms. The third-order valence-corrected chi connectivity index (χ3v) is 6.60. The van der Waals surface area contributed by atoms with Gasteiger partial charge in [0.05, 0.1) is 16.7 Å². The number of rotatable bonds is 9. The van der Waals surface area contributed by atoms with Crippen molar-refractivity contribution < 1.29 is 33.3 Å². The molecule has 0 radical (unpaired) electrons. The van der Waals surface area contributed by atoms with Crippen molar-refractivity contribution in [2.75, 3.05) is 12.3 Å². The zero-order valence-electron chi connectivity index (χ0n) is 22.8. The molecule has 222 valence electrons. The molecule has 5 rings (SSSR count). The molecule has 3 aromatic carbocycles. The van der Waals surface area contributed by atoms with E-state index in [9.17, 15) is 24.7 Å². The molecule has 0 spiro atoms. The molecule has 1 aromatic heterocycles. The van der Waals surface area contributed by atoms with Crippen LogP contribution in [0.25, 0.3) is 10.4 Å². The number of anilines is 1. The van der Waals surface area contributed by atoms with E-state index >= 15 is 0 Å². The highest BCUT2D eigenvalue weighted by atomic mass is 16.7. The van der Waals surface area contributed by atoms with E-state index in [1.807, 2.05) is 0 Å². The number of nitrogens with zero attached hydrogens (tertiary/aromatic N) is 5. The Bertz CT molecular complexity index is 1760. The molecule has 44 heavy (non-hydrogen) atoms. The standard InChI is InChI=1S/C30H24N6O8/c31-22-16-17-36(29(40)33-22)25-23(42-27(38)20-12-6-2-7-13-20)24(43-28(39)21-14-8-3-9-15-21)30(44-25,34-35-32)18-41-26(37)19-10-4-1-5-11-19/h1-17,23-25H,18H2,(H2,31,33,40)/t23-,24+,25-,30-/m1/s1. The molecule has 0 aliphatic carbocycles. The van der Waals surface area contributed by atoms with Crippen LogP contribution >= 0.6 is 0 Å². The normalized spacial score (nSPS) is 20.6. The second kappa shape index (κ2) is 12.9. The summed E-state index contributed by atoms with van der Waals surface area (Å²) in [4.78, 5) is 59.1. The molecule has 1 aliphatic rings. The maximum atomic E-state index is 13.4. The van der Waals surface area contributed by atoms with E-state index in [4.69, 9.17) is 24.7 Å². The van der Waals surface area contributed by atoms with Gasteiger partial charge in [0, 0.05) is 11.1 Å². The first-order valence-electron chi connectivity index (χ1n) is 13.1. The summed E-state index contributed by atoms with van der Waals surface area (Å²) < 4.78 is 24.1. The largest absolute Gasteiger partial charge is 0.459 e. The lowest BCUT2D eigenvalue weighted by Crippen LogP contribution is -2.49. The van der Waals surface area contributed by atoms with Crippen LogP contribution in [-0.4, -0.2) is 52.0 Å². The lowest BCUT2D eigenvalue weighted by molar-refractivity contribution is -0.129. The van der Waals surface area contributed by atoms with Gasteiger partial charge >= 0.3 is 23.6 Å². The van der Waals surface area contributed by atoms with Crippen LogP contribution < -0.4 is 11.4 Å². The predicted octanol–water partition coefficient (Wildman–Crippen LogP) is 3.67. The first-order valence-corrected chi connectivity index (χ1v) is 13.1. The molecule has 1 saturated heterocycles. The lowest BCUT2D eigenvalue weighted by Gasteiger charge is -2.29. The van der Waals surface area contributed by atoms with Crippen LogP contribution in [0.15, 0.2) is 113 Å². The van der Waals surface area contributed by atoms with Crippen molar-refractivity contribution in [3.8, 4) is 0 Å². The van der Waals surface area contributed by atoms with E-state index in [-0.39, 0.29) is 22.5 Å². The highest BCUT2D eigenvalue weighted by Crippen LogP contribution is 2.43. The molecule has 0 unspecified atom stereocenters. The van der Waals surface area contributed by atoms with Gasteiger partial charge in [-0.05, 0) is 48.0 Å². The zero-order chi connectivity index (χ0) is 31.1. The molecule has 14 nitrogen and oxygen atoms in total. The van der Waals surface area contributed by atoms with E-state index < -0.39 is 54.4 Å². The Balaban J connectivity index is 1.61. The van der Waals surface area contributed by atoms with E-state index in [0.717, 1.165) is 4.57 Å². The summed E-state index contributed by atoms with van der Waals surface area (Å²) in [6, 6.07) is 24.9. The smallest absolute Gasteiger partial charge is 0.351 e. The van der Waals surface area contributed by atoms with E-state index in [0.29, 0.717) is 0 Å². The molecule has 1 fully saturated rings. The van der Waals surface area contributed by atoms with Crippen molar-refractivity contribution in [2.45, 2.75) is 24.2 Å². The molecule has 1 aliphatic heterocycles. The molecule has 2 heterocycles. The van der Waals surface area contributed by atoms with Crippen molar-refractivity contribution in [1.82, 2.24) is 9.55 Å². The molecule has 4 atom stereocenters. The number of azide groups is 1. The summed E-state index contributed by atoms with van der Waals surface area (Å²) in [6.45, 7) is -0.801. The van der Waals surface area contributed by atoms with Crippen molar-refractivity contribution in [3.63, 3.8) is 0 Å². The minimum Gasteiger partial charge on any atom is -0.459 e. The molecule has 4 aromatic rings. The summed E-state index contributed by atoms with van der Waals surface area (Å²) in [7, 11) is 0. The number of nitrogen functional groups attached to an aromatic ring is 1. The fourth-order valence-electron chi connectivity index (χ4n) is 4.51. The topological polar surface area (TPSA) is 198 Å². The Hall–Kier alpha value is -5.98. The number of aromatic nitrogens is 2. The number of carbonyl (C=O) groups is 3. The predicted molar refractivity (Wildman–Crippen MR) is 153 cm³/mol. The third-order valence-electron chi connectivity index (χ3n) is 6.60. The first-order chi connectivity index (χ1) is 21.3. The van der Waals surface area contributed by atoms with Gasteiger partial charge in [-0.2, -0.15) is 4.98 Å². The van der Waals surface area contributed by atoms with Gasteiger partial charge < -0.3 is 24.7 Å². The molecule has 0 amide bonds. The van der Waals surface area contributed by atoms with Crippen LogP contribution in [-0.2, 0) is 18.9 Å². The van der Waals surface area contributed by atoms with Gasteiger partial charge in [0.1, 0.15) is 12.4 Å². The number of esters is 3. The molecule has 2 N–H and O–H groups in total. The van der Waals surface area contributed by atoms with Crippen LogP contribution in [0.5, 0.6) is 0 Å². The van der Waals surface area contributed by atoms with Gasteiger partial charge in [-0.15, -0.1) is 0 Å². The van der Waals surface area contributed by atoms with Crippen LogP contribution in [0.3, 0.4) is 0 Å². The van der Waals surface area contributed by atoms with E-state index in [2.05, 4.69) is 15.0 Å². The van der Waals surface area contributed by atoms with Gasteiger partial charge in [-0.25, -0.2) is 19.2 Å². The lowest BCUT2D eigenvalue weighted by atomic mass is 10.0. The second-order valence-corrected chi connectivity index (χ2v) is 9.45. The van der Waals surface area contributed by atoms with Gasteiger partial charge in [0.25, 0.3) is 0 Å². The minimum atomic E-state index is -2.32. The highest BCUT2D eigenvalue weighted by Gasteiger charge is 2.61. The number of benzene rings is 3. The highest BCUT2D eigenvalue weighted by molar-refractivity contribution is 5.91. The summed E-state index contributed by atoms with van der Waals surface area (Å²) in [6.07, 6.45) is -3.73. The average molecular weight is 597 g/mol. The van der Waals surface area contributed by atoms with Gasteiger partial charge in [0.2, 0.25) is 5.72 Å². The second-order valence-electron chi connectivity index (χ2n) is 9.45. The molecular weight excluding hydrogens is 572 g/mol. The van der Waals surface area contributed by atoms with Gasteiger partial charge in [0.15, 0.2) is 18.4 Å². The van der Waals surface area contributed by atoms with Crippen LogP contribution in [0, 0.1) is 0 Å². The Labute approximate surface area is 249 Å². The molecule has 0 bridgehead atoms. The maximum Gasteiger partial charge on any atom is 0.351 e. The quantitative estimate of drug-likeness (QED) is 0.0978. The van der Waals surface area contributed by atoms with Crippen molar-refractivity contribution in [2.24, 2.45) is 5.11 Å². The van der Waals surface area contributed by atoms with Crippen LogP contribution in [0.1, 0.15) is 37.3 Å². The van der Waals surface area contributed by atoms with Crippen molar-refractivity contribution in [3.05, 3.63) is 141 Å². The summed E-state index contributed by atoms with van der Waals surface area (Å²) in [5, 5.41) is 3.75. The fourth-order valence-corrected chi connectivity index (χ4v) is 4.51. The van der Waals surface area contributed by atoms with Crippen molar-refractivity contribution >= 4 is 23.7 Å². The SMILES string of the molecule is [N-]=[N+]=N[C@]1(COC(=O)c2ccccc2)O[C@@H](n2ccc(N)nc2=O)[C@H](OC(=O)c2ccccc2)[C@@H]1OC(=O)c1ccccc1. The Morgan fingerprint density at radius 2 is 1.39 bits per heavy atom. The number of hydrogen-bond acceptors (Lipinski definition) is 11. The zero-order valence-corrected chi connectivity index (χ0v) is 22.8. The molecular formula is C30H24N6O8. The van der Waals surface area contributed by atoms with Crippen LogP contribution in [0.4, 0.5) is 5.82 Å². The third kappa shape index (κ3) is 6.26. The number of ether oxygens (including phenoxy) is 4. The van der Waals surface area contributed by atoms with Gasteiger partial charge in [-0.1, -0.05) is 59.7 Å². The minimum absolute atomic E-state index is 0.103. The van der Waals surface area contributed by atoms with E-state index in [1.54, 1.807) is 54.6 Å². The Kier molecular flexibility index (Phi) is 8.65. The number of hydrogen-bond donors (Lipinski definition) is 1. The average Bonchev–Trinajstić information content (AvgIpc) is 3.33. The summed E-state index contributed by atoms with van der Waals surface area (Å²) >= 11 is 0. The van der Waals surface area contributed by atoms with Crippen LogP contribution in [0.2, 0.25) is 0 Å². The summed E-state index contributed by atoms with van der Waals surface area (Å²) in [5.41, 5.74) is 12.5. The first kappa shape index (κ1) is 29.5. The van der Waals surface area contributed by atoms with E-state index in [1.165, 1.54) is 48.7 Å². The monoisotopic (exact) mass is 596 g/mol. The fraction of sp³-hybridized carbons (Fsp3) is 0.167. The number of carbonyl (C=O) groups excluding carboxylic acids is 3. The molecule has 0 saturated carbocycles.